The summed E-state index contributed by atoms with van der Waals surface area (Å²) in [5.41, 5.74) is 5.96. The number of aromatic nitrogens is 1. The molecule has 0 bridgehead atoms. The summed E-state index contributed by atoms with van der Waals surface area (Å²) in [6.45, 7) is 0. The Bertz CT molecular complexity index is 1520. The smallest absolute Gasteiger partial charge is 0.0547 e. The van der Waals surface area contributed by atoms with Crippen molar-refractivity contribution in [3.8, 4) is 16.8 Å². The average Bonchev–Trinajstić information content (AvgIpc) is 3.11. The van der Waals surface area contributed by atoms with Crippen LogP contribution in [-0.4, -0.2) is 4.57 Å². The maximum Gasteiger partial charge on any atom is 0.0547 e. The van der Waals surface area contributed by atoms with Crippen LogP contribution in [0, 0.1) is 0 Å². The highest BCUT2D eigenvalue weighted by atomic mass is 35.5. The Balaban J connectivity index is 1.59. The third-order valence-corrected chi connectivity index (χ3v) is 6.10. The summed E-state index contributed by atoms with van der Waals surface area (Å²) in [5.74, 6) is 0. The van der Waals surface area contributed by atoms with Gasteiger partial charge in [0.15, 0.2) is 0 Å². The van der Waals surface area contributed by atoms with Gasteiger partial charge in [-0.2, -0.15) is 0 Å². The van der Waals surface area contributed by atoms with Crippen molar-refractivity contribution in [2.75, 3.05) is 0 Å². The Morgan fingerprint density at radius 1 is 0.500 bits per heavy atom. The Hall–Kier alpha value is -3.55. The van der Waals surface area contributed by atoms with Crippen LogP contribution < -0.4 is 0 Å². The summed E-state index contributed by atoms with van der Waals surface area (Å²) < 4.78 is 2.36. The first-order valence-electron chi connectivity index (χ1n) is 10.1. The van der Waals surface area contributed by atoms with Crippen molar-refractivity contribution in [1.29, 1.82) is 0 Å². The molecular formula is C28H18ClN. The Morgan fingerprint density at radius 3 is 1.83 bits per heavy atom. The summed E-state index contributed by atoms with van der Waals surface area (Å²) in [6, 6.07) is 38.6. The second kappa shape index (κ2) is 6.76. The predicted molar refractivity (Wildman–Crippen MR) is 129 cm³/mol. The lowest BCUT2D eigenvalue weighted by Crippen LogP contribution is -1.93. The van der Waals surface area contributed by atoms with Crippen LogP contribution in [0.15, 0.2) is 109 Å². The van der Waals surface area contributed by atoms with E-state index in [0.717, 1.165) is 10.7 Å². The minimum atomic E-state index is 0.757. The van der Waals surface area contributed by atoms with Crippen LogP contribution in [0.3, 0.4) is 0 Å². The summed E-state index contributed by atoms with van der Waals surface area (Å²) in [5, 5.41) is 5.84. The molecule has 0 aliphatic rings. The first-order chi connectivity index (χ1) is 14.8. The van der Waals surface area contributed by atoms with Crippen molar-refractivity contribution in [1.82, 2.24) is 4.57 Å². The Labute approximate surface area is 179 Å². The van der Waals surface area contributed by atoms with Gasteiger partial charge in [0.2, 0.25) is 0 Å². The molecule has 6 aromatic rings. The van der Waals surface area contributed by atoms with E-state index < -0.39 is 0 Å². The van der Waals surface area contributed by atoms with E-state index in [1.165, 1.54) is 43.7 Å². The van der Waals surface area contributed by atoms with E-state index in [4.69, 9.17) is 11.6 Å². The number of fused-ring (bicyclic) bond motifs is 4. The van der Waals surface area contributed by atoms with Crippen LogP contribution in [0.2, 0.25) is 5.02 Å². The number of para-hydroxylation sites is 1. The highest BCUT2D eigenvalue weighted by Gasteiger charge is 2.13. The van der Waals surface area contributed by atoms with Gasteiger partial charge in [-0.25, -0.2) is 0 Å². The van der Waals surface area contributed by atoms with E-state index in [9.17, 15) is 0 Å². The van der Waals surface area contributed by atoms with Crippen molar-refractivity contribution >= 4 is 44.2 Å². The largest absolute Gasteiger partial charge is 0.309 e. The predicted octanol–water partition coefficient (Wildman–Crippen LogP) is 8.26. The third kappa shape index (κ3) is 2.71. The van der Waals surface area contributed by atoms with Crippen LogP contribution in [0.1, 0.15) is 0 Å². The number of benzene rings is 5. The van der Waals surface area contributed by atoms with Gasteiger partial charge in [-0.05, 0) is 64.4 Å². The maximum absolute atomic E-state index is 6.04. The van der Waals surface area contributed by atoms with Gasteiger partial charge in [0.25, 0.3) is 0 Å². The number of rotatable bonds is 2. The van der Waals surface area contributed by atoms with E-state index in [2.05, 4.69) is 102 Å². The molecule has 0 atom stereocenters. The summed E-state index contributed by atoms with van der Waals surface area (Å²) in [4.78, 5) is 0. The monoisotopic (exact) mass is 403 g/mol. The molecule has 5 aromatic carbocycles. The fraction of sp³-hybridized carbons (Fsp3) is 0. The zero-order valence-electron chi connectivity index (χ0n) is 16.2. The van der Waals surface area contributed by atoms with Crippen LogP contribution in [0.25, 0.3) is 49.4 Å². The molecule has 0 fully saturated rings. The van der Waals surface area contributed by atoms with Gasteiger partial charge in [-0.3, -0.25) is 0 Å². The maximum atomic E-state index is 6.04. The van der Waals surface area contributed by atoms with Gasteiger partial charge in [0, 0.05) is 21.5 Å². The molecule has 0 radical (unpaired) electrons. The van der Waals surface area contributed by atoms with Gasteiger partial charge in [-0.15, -0.1) is 0 Å². The summed E-state index contributed by atoms with van der Waals surface area (Å²) in [6.07, 6.45) is 0. The molecule has 30 heavy (non-hydrogen) atoms. The van der Waals surface area contributed by atoms with Crippen LogP contribution in [-0.2, 0) is 0 Å². The molecule has 0 unspecified atom stereocenters. The molecule has 2 heteroatoms. The Morgan fingerprint density at radius 2 is 1.10 bits per heavy atom. The number of hydrogen-bond donors (Lipinski definition) is 0. The molecule has 0 aliphatic heterocycles. The zero-order valence-corrected chi connectivity index (χ0v) is 17.0. The van der Waals surface area contributed by atoms with E-state index in [1.807, 2.05) is 12.1 Å². The Kier molecular flexibility index (Phi) is 3.90. The van der Waals surface area contributed by atoms with Crippen molar-refractivity contribution < 1.29 is 0 Å². The molecule has 0 amide bonds. The van der Waals surface area contributed by atoms with Crippen LogP contribution >= 0.6 is 11.6 Å². The van der Waals surface area contributed by atoms with Crippen molar-refractivity contribution in [2.45, 2.75) is 0 Å². The standard InChI is InChI=1S/C28H18ClN/c29-23-13-9-19(10-14-23)20-11-15-24(16-12-20)30-27-8-4-3-7-25(27)26-17-21-5-1-2-6-22(21)18-28(26)30/h1-18H. The number of hydrogen-bond acceptors (Lipinski definition) is 0. The number of nitrogens with zero attached hydrogens (tertiary/aromatic N) is 1. The van der Waals surface area contributed by atoms with Gasteiger partial charge in [0.1, 0.15) is 0 Å². The molecule has 1 heterocycles. The zero-order chi connectivity index (χ0) is 20.1. The fourth-order valence-corrected chi connectivity index (χ4v) is 4.50. The molecule has 1 aromatic heterocycles. The van der Waals surface area contributed by atoms with Crippen molar-refractivity contribution in [2.24, 2.45) is 0 Å². The molecule has 0 saturated carbocycles. The molecule has 6 rings (SSSR count). The third-order valence-electron chi connectivity index (χ3n) is 5.84. The van der Waals surface area contributed by atoms with Gasteiger partial charge in [0.05, 0.1) is 11.0 Å². The van der Waals surface area contributed by atoms with Gasteiger partial charge < -0.3 is 4.57 Å². The van der Waals surface area contributed by atoms with Crippen molar-refractivity contribution in [3.05, 3.63) is 114 Å². The minimum absolute atomic E-state index is 0.757. The summed E-state index contributed by atoms with van der Waals surface area (Å²) in [7, 11) is 0. The lowest BCUT2D eigenvalue weighted by Gasteiger charge is -2.10. The molecule has 0 N–H and O–H groups in total. The van der Waals surface area contributed by atoms with Crippen molar-refractivity contribution in [3.63, 3.8) is 0 Å². The molecule has 0 spiro atoms. The van der Waals surface area contributed by atoms with Crippen LogP contribution in [0.5, 0.6) is 0 Å². The minimum Gasteiger partial charge on any atom is -0.309 e. The summed E-state index contributed by atoms with van der Waals surface area (Å²) >= 11 is 6.04. The average molecular weight is 404 g/mol. The second-order valence-corrected chi connectivity index (χ2v) is 8.06. The van der Waals surface area contributed by atoms with E-state index >= 15 is 0 Å². The van der Waals surface area contributed by atoms with Gasteiger partial charge in [-0.1, -0.05) is 78.3 Å². The first kappa shape index (κ1) is 17.3. The fourth-order valence-electron chi connectivity index (χ4n) is 4.38. The van der Waals surface area contributed by atoms with Crippen LogP contribution in [0.4, 0.5) is 0 Å². The normalized spacial score (nSPS) is 11.5. The SMILES string of the molecule is Clc1ccc(-c2ccc(-n3c4ccccc4c4cc5ccccc5cc43)cc2)cc1. The van der Waals surface area contributed by atoms with E-state index in [-0.39, 0.29) is 0 Å². The highest BCUT2D eigenvalue weighted by Crippen LogP contribution is 2.35. The molecule has 0 aliphatic carbocycles. The quantitative estimate of drug-likeness (QED) is 0.274. The first-order valence-corrected chi connectivity index (χ1v) is 10.4. The molecule has 142 valence electrons. The second-order valence-electron chi connectivity index (χ2n) is 7.62. The number of halogens is 1. The van der Waals surface area contributed by atoms with Gasteiger partial charge >= 0.3 is 0 Å². The molecular weight excluding hydrogens is 386 g/mol. The lowest BCUT2D eigenvalue weighted by atomic mass is 10.1. The highest BCUT2D eigenvalue weighted by molar-refractivity contribution is 6.30. The topological polar surface area (TPSA) is 4.93 Å². The van der Waals surface area contributed by atoms with E-state index in [1.54, 1.807) is 0 Å². The molecule has 1 nitrogen and oxygen atoms in total. The molecule has 0 saturated heterocycles. The van der Waals surface area contributed by atoms with E-state index in [0.29, 0.717) is 0 Å². The lowest BCUT2D eigenvalue weighted by molar-refractivity contribution is 1.18.